The van der Waals surface area contributed by atoms with Crippen molar-refractivity contribution in [2.75, 3.05) is 6.54 Å². The van der Waals surface area contributed by atoms with Gasteiger partial charge in [0.15, 0.2) is 6.73 Å². The summed E-state index contributed by atoms with van der Waals surface area (Å²) in [5, 5.41) is 10.8. The Morgan fingerprint density at radius 3 is 2.86 bits per heavy atom. The molecule has 2 aliphatic rings. The van der Waals surface area contributed by atoms with Gasteiger partial charge < -0.3 is 10.1 Å². The van der Waals surface area contributed by atoms with Crippen molar-refractivity contribution in [3.05, 3.63) is 34.6 Å². The molecule has 1 aliphatic heterocycles. The smallest absolute Gasteiger partial charge is 0.328 e. The second kappa shape index (κ2) is 7.26. The maximum atomic E-state index is 12.9. The molecule has 1 aromatic carbocycles. The fourth-order valence-corrected chi connectivity index (χ4v) is 4.05. The molecule has 1 aliphatic carbocycles. The Morgan fingerprint density at radius 1 is 1.28 bits per heavy atom. The summed E-state index contributed by atoms with van der Waals surface area (Å²) in [6.45, 7) is 0.958. The van der Waals surface area contributed by atoms with Crippen LogP contribution in [0.2, 0.25) is 0 Å². The maximum absolute atomic E-state index is 12.9. The molecule has 2 heterocycles. The number of benzene rings is 1. The minimum absolute atomic E-state index is 0.000159. The van der Waals surface area contributed by atoms with E-state index < -0.39 is 42.3 Å². The molecule has 2 fully saturated rings. The van der Waals surface area contributed by atoms with E-state index in [0.29, 0.717) is 17.3 Å². The van der Waals surface area contributed by atoms with Gasteiger partial charge in [-0.15, -0.1) is 5.10 Å². The van der Waals surface area contributed by atoms with Crippen LogP contribution in [-0.4, -0.2) is 49.9 Å². The minimum atomic E-state index is -0.934. The Kier molecular flexibility index (Phi) is 4.77. The molecule has 152 valence electrons. The average molecular weight is 399 g/mol. The number of fused-ring (bicyclic) bond motifs is 1. The summed E-state index contributed by atoms with van der Waals surface area (Å²) in [7, 11) is 0. The summed E-state index contributed by atoms with van der Waals surface area (Å²) in [4.78, 5) is 50.7. The zero-order valence-electron chi connectivity index (χ0n) is 16.0. The van der Waals surface area contributed by atoms with E-state index in [2.05, 4.69) is 15.6 Å². The van der Waals surface area contributed by atoms with Gasteiger partial charge in [0.2, 0.25) is 0 Å². The van der Waals surface area contributed by atoms with Crippen molar-refractivity contribution >= 4 is 28.8 Å². The number of ether oxygens (including phenoxy) is 1. The van der Waals surface area contributed by atoms with Gasteiger partial charge in [-0.1, -0.05) is 37.1 Å². The molecule has 4 rings (SSSR count). The van der Waals surface area contributed by atoms with E-state index in [9.17, 15) is 19.2 Å². The first kappa shape index (κ1) is 19.0. The molecule has 3 amide bonds. The molecule has 1 saturated carbocycles. The molecule has 1 N–H and O–H groups in total. The molecule has 10 heteroatoms. The number of hydrogen-bond donors (Lipinski definition) is 1. The highest BCUT2D eigenvalue weighted by Gasteiger charge is 2.55. The van der Waals surface area contributed by atoms with Gasteiger partial charge in [0, 0.05) is 0 Å². The van der Waals surface area contributed by atoms with Gasteiger partial charge >= 0.3 is 12.0 Å². The fraction of sp³-hybridized carbons (Fsp3) is 0.474. The minimum Gasteiger partial charge on any atom is -0.441 e. The number of aromatic nitrogens is 3. The van der Waals surface area contributed by atoms with Gasteiger partial charge in [0.05, 0.1) is 5.39 Å². The second-order valence-corrected chi connectivity index (χ2v) is 7.50. The Bertz CT molecular complexity index is 1050. The molecule has 0 radical (unpaired) electrons. The van der Waals surface area contributed by atoms with E-state index in [1.54, 1.807) is 24.3 Å². The average Bonchev–Trinajstić information content (AvgIpc) is 2.95. The van der Waals surface area contributed by atoms with E-state index in [1.165, 1.54) is 0 Å². The predicted octanol–water partition coefficient (Wildman–Crippen LogP) is 0.793. The van der Waals surface area contributed by atoms with Crippen molar-refractivity contribution in [1.29, 1.82) is 0 Å². The van der Waals surface area contributed by atoms with Crippen molar-refractivity contribution in [2.45, 2.75) is 44.9 Å². The number of imide groups is 1. The van der Waals surface area contributed by atoms with E-state index in [-0.39, 0.29) is 5.92 Å². The molecular weight excluding hydrogens is 378 g/mol. The predicted molar refractivity (Wildman–Crippen MR) is 100 cm³/mol. The summed E-state index contributed by atoms with van der Waals surface area (Å²) in [6.07, 6.45) is 3.26. The number of urea groups is 1. The van der Waals surface area contributed by atoms with Gasteiger partial charge in [-0.05, 0) is 30.9 Å². The molecule has 1 saturated heterocycles. The molecule has 10 nitrogen and oxygen atoms in total. The highest BCUT2D eigenvalue weighted by Crippen LogP contribution is 2.38. The Balaban J connectivity index is 1.43. The summed E-state index contributed by atoms with van der Waals surface area (Å²) in [6, 6.07) is 6.09. The third-order valence-corrected chi connectivity index (χ3v) is 5.77. The van der Waals surface area contributed by atoms with Crippen molar-refractivity contribution < 1.29 is 19.1 Å². The van der Waals surface area contributed by atoms with Crippen LogP contribution >= 0.6 is 0 Å². The Morgan fingerprint density at radius 2 is 2.07 bits per heavy atom. The van der Waals surface area contributed by atoms with Crippen LogP contribution in [0.4, 0.5) is 4.79 Å². The van der Waals surface area contributed by atoms with Crippen LogP contribution in [0, 0.1) is 5.92 Å². The van der Waals surface area contributed by atoms with Gasteiger partial charge in [-0.25, -0.2) is 4.79 Å². The van der Waals surface area contributed by atoms with Gasteiger partial charge in [0.25, 0.3) is 11.5 Å². The van der Waals surface area contributed by atoms with Crippen LogP contribution in [-0.2, 0) is 21.1 Å². The molecular formula is C19H21N5O5. The van der Waals surface area contributed by atoms with Crippen LogP contribution in [0.3, 0.4) is 0 Å². The zero-order chi connectivity index (χ0) is 20.6. The fourth-order valence-electron chi connectivity index (χ4n) is 4.05. The summed E-state index contributed by atoms with van der Waals surface area (Å²) in [5.41, 5.74) is -0.948. The number of nitrogens with one attached hydrogen (secondary N) is 1. The first-order chi connectivity index (χ1) is 13.9. The normalized spacial score (nSPS) is 24.2. The van der Waals surface area contributed by atoms with E-state index in [4.69, 9.17) is 4.74 Å². The number of carbonyl (C=O) groups excluding carboxylic acids is 3. The number of rotatable bonds is 4. The van der Waals surface area contributed by atoms with Crippen LogP contribution in [0.5, 0.6) is 0 Å². The summed E-state index contributed by atoms with van der Waals surface area (Å²) < 4.78 is 5.98. The van der Waals surface area contributed by atoms with Crippen molar-refractivity contribution in [1.82, 2.24) is 25.2 Å². The quantitative estimate of drug-likeness (QED) is 0.595. The molecule has 1 aromatic heterocycles. The molecule has 2 aromatic rings. The van der Waals surface area contributed by atoms with Crippen molar-refractivity contribution in [3.63, 3.8) is 0 Å². The lowest BCUT2D eigenvalue weighted by Crippen LogP contribution is -2.54. The summed E-state index contributed by atoms with van der Waals surface area (Å²) >= 11 is 0. The Hall–Kier alpha value is -3.30. The largest absolute Gasteiger partial charge is 0.441 e. The topological polar surface area (TPSA) is 123 Å². The van der Waals surface area contributed by atoms with Crippen LogP contribution < -0.4 is 10.9 Å². The van der Waals surface area contributed by atoms with Crippen LogP contribution in [0.25, 0.3) is 10.9 Å². The molecule has 2 atom stereocenters. The van der Waals surface area contributed by atoms with Crippen LogP contribution in [0.1, 0.15) is 32.6 Å². The first-order valence-electron chi connectivity index (χ1n) is 9.54. The zero-order valence-corrected chi connectivity index (χ0v) is 16.0. The molecule has 0 bridgehead atoms. The highest BCUT2D eigenvalue weighted by molar-refractivity contribution is 6.08. The highest BCUT2D eigenvalue weighted by atomic mass is 16.5. The van der Waals surface area contributed by atoms with Crippen molar-refractivity contribution in [3.8, 4) is 0 Å². The van der Waals surface area contributed by atoms with Gasteiger partial charge in [0.1, 0.15) is 17.6 Å². The monoisotopic (exact) mass is 399 g/mol. The van der Waals surface area contributed by atoms with Gasteiger partial charge in [-0.3, -0.25) is 19.3 Å². The third-order valence-electron chi connectivity index (χ3n) is 5.77. The number of carbonyl (C=O) groups is 3. The lowest BCUT2D eigenvalue weighted by atomic mass is 9.73. The second-order valence-electron chi connectivity index (χ2n) is 7.50. The maximum Gasteiger partial charge on any atom is 0.328 e. The number of esters is 1. The first-order valence-corrected chi connectivity index (χ1v) is 9.54. The Labute approximate surface area is 165 Å². The standard InChI is InChI=1S/C19H21N5O5/c1-12-6-4-5-9-19(12)17(27)23(18(28)20-19)10-15(25)29-11-24-16(26)13-7-2-3-8-14(13)21-22-24/h2-3,7-8,12H,4-6,9-11H2,1H3,(H,20,28)/t12-,19-/m0/s1. The van der Waals surface area contributed by atoms with E-state index in [1.807, 2.05) is 6.92 Å². The number of hydrogen-bond acceptors (Lipinski definition) is 7. The van der Waals surface area contributed by atoms with E-state index in [0.717, 1.165) is 28.8 Å². The third kappa shape index (κ3) is 3.24. The summed E-state index contributed by atoms with van der Waals surface area (Å²) in [5.74, 6) is -1.20. The molecule has 29 heavy (non-hydrogen) atoms. The van der Waals surface area contributed by atoms with Gasteiger partial charge in [-0.2, -0.15) is 4.68 Å². The van der Waals surface area contributed by atoms with Crippen molar-refractivity contribution in [2.24, 2.45) is 5.92 Å². The lowest BCUT2D eigenvalue weighted by molar-refractivity contribution is -0.152. The lowest BCUT2D eigenvalue weighted by Gasteiger charge is -2.36. The van der Waals surface area contributed by atoms with Crippen LogP contribution in [0.15, 0.2) is 29.1 Å². The number of nitrogens with zero attached hydrogens (tertiary/aromatic N) is 4. The molecule has 1 spiro atoms. The van der Waals surface area contributed by atoms with E-state index >= 15 is 0 Å². The number of amides is 3. The molecule has 0 unspecified atom stereocenters. The SMILES string of the molecule is C[C@H]1CCCC[C@]12NC(=O)N(CC(=O)OCn1nnc3ccccc3c1=O)C2=O.